The van der Waals surface area contributed by atoms with E-state index < -0.39 is 23.3 Å². The van der Waals surface area contributed by atoms with Crippen molar-refractivity contribution in [2.24, 2.45) is 0 Å². The molecule has 0 aliphatic rings. The summed E-state index contributed by atoms with van der Waals surface area (Å²) in [5.74, 6) is -1.19. The first-order chi connectivity index (χ1) is 8.56. The number of para-hydroxylation sites is 1. The number of hydrogen-bond acceptors (Lipinski definition) is 3. The van der Waals surface area contributed by atoms with Gasteiger partial charge >= 0.3 is 11.7 Å². The van der Waals surface area contributed by atoms with Crippen LogP contribution in [0.4, 0.5) is 0 Å². The summed E-state index contributed by atoms with van der Waals surface area (Å²) >= 11 is 0. The van der Waals surface area contributed by atoms with Crippen molar-refractivity contribution in [3.8, 4) is 0 Å². The summed E-state index contributed by atoms with van der Waals surface area (Å²) in [5, 5.41) is 9.34. The second-order valence-corrected chi connectivity index (χ2v) is 3.91. The minimum Gasteiger partial charge on any atom is -0.480 e. The largest absolute Gasteiger partial charge is 0.480 e. The van der Waals surface area contributed by atoms with E-state index in [1.807, 2.05) is 0 Å². The molecule has 0 aliphatic carbocycles. The van der Waals surface area contributed by atoms with Crippen molar-refractivity contribution >= 4 is 16.9 Å². The number of nitrogens with one attached hydrogen (secondary N) is 1. The fourth-order valence-corrected chi connectivity index (χ4v) is 1.93. The van der Waals surface area contributed by atoms with Crippen LogP contribution < -0.4 is 11.2 Å². The van der Waals surface area contributed by atoms with Crippen molar-refractivity contribution in [1.29, 1.82) is 0 Å². The molecule has 0 radical (unpaired) electrons. The van der Waals surface area contributed by atoms with E-state index in [2.05, 4.69) is 4.98 Å². The van der Waals surface area contributed by atoms with E-state index in [1.165, 1.54) is 0 Å². The Labute approximate surface area is 102 Å². The van der Waals surface area contributed by atoms with Crippen molar-refractivity contribution in [1.82, 2.24) is 9.55 Å². The van der Waals surface area contributed by atoms with Gasteiger partial charge in [0.2, 0.25) is 0 Å². The third kappa shape index (κ3) is 1.81. The highest BCUT2D eigenvalue weighted by Gasteiger charge is 2.22. The first-order valence-corrected chi connectivity index (χ1v) is 5.52. The summed E-state index contributed by atoms with van der Waals surface area (Å²) in [7, 11) is 0. The summed E-state index contributed by atoms with van der Waals surface area (Å²) < 4.78 is 0.755. The Bertz CT molecular complexity index is 714. The third-order valence-corrected chi connectivity index (χ3v) is 2.82. The van der Waals surface area contributed by atoms with E-state index >= 15 is 0 Å². The summed E-state index contributed by atoms with van der Waals surface area (Å²) in [6.45, 7) is 1.61. The van der Waals surface area contributed by atoms with Crippen LogP contribution in [0.25, 0.3) is 10.9 Å². The van der Waals surface area contributed by atoms with Gasteiger partial charge in [-0.1, -0.05) is 19.1 Å². The second kappa shape index (κ2) is 4.48. The first kappa shape index (κ1) is 12.1. The topological polar surface area (TPSA) is 92.2 Å². The van der Waals surface area contributed by atoms with E-state index in [0.29, 0.717) is 10.9 Å². The molecule has 1 atom stereocenters. The van der Waals surface area contributed by atoms with Gasteiger partial charge in [-0.05, 0) is 18.6 Å². The molecular weight excluding hydrogens is 236 g/mol. The number of carboxylic acid groups (broad SMARTS) is 1. The minimum atomic E-state index is -1.19. The summed E-state index contributed by atoms with van der Waals surface area (Å²) in [6.07, 6.45) is 0.163. The normalized spacial score (nSPS) is 12.5. The number of H-pyrrole nitrogens is 1. The van der Waals surface area contributed by atoms with Gasteiger partial charge in [-0.25, -0.2) is 14.2 Å². The van der Waals surface area contributed by atoms with Crippen LogP contribution in [-0.4, -0.2) is 20.6 Å². The molecule has 18 heavy (non-hydrogen) atoms. The number of aromatic nitrogens is 2. The van der Waals surface area contributed by atoms with Crippen molar-refractivity contribution < 1.29 is 9.90 Å². The van der Waals surface area contributed by atoms with Crippen LogP contribution in [0.5, 0.6) is 0 Å². The maximum Gasteiger partial charge on any atom is 0.329 e. The molecule has 1 aromatic heterocycles. The maximum absolute atomic E-state index is 12.1. The van der Waals surface area contributed by atoms with E-state index in [0.717, 1.165) is 4.57 Å². The van der Waals surface area contributed by atoms with Crippen LogP contribution in [0.3, 0.4) is 0 Å². The van der Waals surface area contributed by atoms with Crippen molar-refractivity contribution in [2.45, 2.75) is 19.4 Å². The van der Waals surface area contributed by atoms with Crippen LogP contribution in [0.15, 0.2) is 33.9 Å². The molecule has 0 saturated heterocycles. The SMILES string of the molecule is CC[C@@H](C(=O)O)n1c(=O)[nH]c2ccccc2c1=O. The second-order valence-electron chi connectivity index (χ2n) is 3.91. The molecule has 0 amide bonds. The van der Waals surface area contributed by atoms with Crippen LogP contribution in [0.1, 0.15) is 19.4 Å². The van der Waals surface area contributed by atoms with Gasteiger partial charge in [0.05, 0.1) is 10.9 Å². The molecule has 0 fully saturated rings. The first-order valence-electron chi connectivity index (χ1n) is 5.52. The summed E-state index contributed by atoms with van der Waals surface area (Å²) in [5.41, 5.74) is -0.874. The van der Waals surface area contributed by atoms with Gasteiger partial charge in [-0.2, -0.15) is 0 Å². The van der Waals surface area contributed by atoms with E-state index in [1.54, 1.807) is 31.2 Å². The lowest BCUT2D eigenvalue weighted by Gasteiger charge is -2.12. The monoisotopic (exact) mass is 248 g/mol. The number of nitrogens with zero attached hydrogens (tertiary/aromatic N) is 1. The van der Waals surface area contributed by atoms with Crippen LogP contribution in [-0.2, 0) is 4.79 Å². The van der Waals surface area contributed by atoms with Crippen LogP contribution >= 0.6 is 0 Å². The third-order valence-electron chi connectivity index (χ3n) is 2.82. The Kier molecular flexibility index (Phi) is 3.01. The molecule has 0 unspecified atom stereocenters. The predicted octanol–water partition coefficient (Wildman–Crippen LogP) is 0.725. The van der Waals surface area contributed by atoms with Gasteiger partial charge in [0.25, 0.3) is 5.56 Å². The van der Waals surface area contributed by atoms with E-state index in [4.69, 9.17) is 5.11 Å². The van der Waals surface area contributed by atoms with Gasteiger partial charge in [0.15, 0.2) is 0 Å². The number of carboxylic acids is 1. The van der Waals surface area contributed by atoms with Gasteiger partial charge < -0.3 is 10.1 Å². The molecule has 2 aromatic rings. The van der Waals surface area contributed by atoms with Crippen LogP contribution in [0.2, 0.25) is 0 Å². The molecule has 2 N–H and O–H groups in total. The number of hydrogen-bond donors (Lipinski definition) is 2. The number of fused-ring (bicyclic) bond motifs is 1. The number of carbonyl (C=O) groups is 1. The Balaban J connectivity index is 2.84. The zero-order valence-electron chi connectivity index (χ0n) is 9.71. The Hall–Kier alpha value is -2.37. The molecule has 6 nitrogen and oxygen atoms in total. The molecule has 94 valence electrons. The van der Waals surface area contributed by atoms with E-state index in [9.17, 15) is 14.4 Å². The zero-order valence-corrected chi connectivity index (χ0v) is 9.71. The Morgan fingerprint density at radius 2 is 2.06 bits per heavy atom. The number of aliphatic carboxylic acids is 1. The quantitative estimate of drug-likeness (QED) is 0.837. The Morgan fingerprint density at radius 1 is 1.39 bits per heavy atom. The van der Waals surface area contributed by atoms with Gasteiger partial charge in [-0.15, -0.1) is 0 Å². The predicted molar refractivity (Wildman–Crippen MR) is 65.8 cm³/mol. The van der Waals surface area contributed by atoms with E-state index in [-0.39, 0.29) is 6.42 Å². The lowest BCUT2D eigenvalue weighted by atomic mass is 10.2. The lowest BCUT2D eigenvalue weighted by molar-refractivity contribution is -0.141. The molecule has 0 spiro atoms. The Morgan fingerprint density at radius 3 is 2.67 bits per heavy atom. The zero-order chi connectivity index (χ0) is 13.3. The average Bonchev–Trinajstić information content (AvgIpc) is 2.34. The maximum atomic E-state index is 12.1. The fourth-order valence-electron chi connectivity index (χ4n) is 1.93. The molecule has 0 bridgehead atoms. The minimum absolute atomic E-state index is 0.163. The highest BCUT2D eigenvalue weighted by molar-refractivity contribution is 5.78. The highest BCUT2D eigenvalue weighted by Crippen LogP contribution is 2.09. The molecule has 0 saturated carbocycles. The smallest absolute Gasteiger partial charge is 0.329 e. The fraction of sp³-hybridized carbons (Fsp3) is 0.250. The lowest BCUT2D eigenvalue weighted by Crippen LogP contribution is -2.40. The van der Waals surface area contributed by atoms with Gasteiger partial charge in [-0.3, -0.25) is 4.79 Å². The summed E-state index contributed by atoms with van der Waals surface area (Å²) in [6, 6.07) is 5.36. The molecular formula is C12H12N2O4. The molecule has 0 aliphatic heterocycles. The number of rotatable bonds is 3. The highest BCUT2D eigenvalue weighted by atomic mass is 16.4. The molecule has 6 heteroatoms. The van der Waals surface area contributed by atoms with Crippen molar-refractivity contribution in [2.75, 3.05) is 0 Å². The molecule has 1 heterocycles. The number of aromatic amines is 1. The van der Waals surface area contributed by atoms with Gasteiger partial charge in [0.1, 0.15) is 6.04 Å². The number of benzene rings is 1. The van der Waals surface area contributed by atoms with Gasteiger partial charge in [0, 0.05) is 0 Å². The standard InChI is InChI=1S/C12H12N2O4/c1-2-9(11(16)17)14-10(15)7-5-3-4-6-8(7)13-12(14)18/h3-6,9H,2H2,1H3,(H,13,18)(H,16,17)/t9-/m0/s1. The van der Waals surface area contributed by atoms with Crippen molar-refractivity contribution in [3.63, 3.8) is 0 Å². The molecule has 2 rings (SSSR count). The average molecular weight is 248 g/mol. The summed E-state index contributed by atoms with van der Waals surface area (Å²) in [4.78, 5) is 37.5. The van der Waals surface area contributed by atoms with Crippen LogP contribution in [0, 0.1) is 0 Å². The van der Waals surface area contributed by atoms with Crippen molar-refractivity contribution in [3.05, 3.63) is 45.1 Å². The molecule has 1 aromatic carbocycles.